The van der Waals surface area contributed by atoms with Gasteiger partial charge in [-0.2, -0.15) is 0 Å². The summed E-state index contributed by atoms with van der Waals surface area (Å²) in [6.45, 7) is 7.10. The maximum Gasteiger partial charge on any atom is 0.230 e. The first-order valence-corrected chi connectivity index (χ1v) is 10.5. The predicted octanol–water partition coefficient (Wildman–Crippen LogP) is 3.64. The van der Waals surface area contributed by atoms with Crippen molar-refractivity contribution in [2.45, 2.75) is 17.1 Å². The van der Waals surface area contributed by atoms with Gasteiger partial charge >= 0.3 is 0 Å². The summed E-state index contributed by atoms with van der Waals surface area (Å²) >= 11 is 1.82. The molecule has 0 aromatic heterocycles. The summed E-state index contributed by atoms with van der Waals surface area (Å²) in [5.41, 5.74) is 3.42. The molecule has 4 nitrogen and oxygen atoms in total. The molecule has 0 radical (unpaired) electrons. The molecule has 2 aromatic carbocycles. The summed E-state index contributed by atoms with van der Waals surface area (Å²) in [5.74, 6) is 0.0606. The molecular weight excluding hydrogens is 354 g/mol. The van der Waals surface area contributed by atoms with Crippen LogP contribution in [0.25, 0.3) is 0 Å². The van der Waals surface area contributed by atoms with Crippen molar-refractivity contribution in [2.75, 3.05) is 45.1 Å². The van der Waals surface area contributed by atoms with E-state index in [1.807, 2.05) is 30.0 Å². The van der Waals surface area contributed by atoms with Gasteiger partial charge in [-0.05, 0) is 31.7 Å². The molecule has 142 valence electrons. The Bertz CT molecular complexity index is 799. The molecule has 1 fully saturated rings. The number of fused-ring (bicyclic) bond motifs is 1. The van der Waals surface area contributed by atoms with Crippen LogP contribution < -0.4 is 5.32 Å². The Morgan fingerprint density at radius 2 is 1.74 bits per heavy atom. The van der Waals surface area contributed by atoms with Gasteiger partial charge in [0.25, 0.3) is 0 Å². The van der Waals surface area contributed by atoms with Crippen LogP contribution in [0.5, 0.6) is 0 Å². The van der Waals surface area contributed by atoms with Crippen LogP contribution in [0.2, 0.25) is 0 Å². The van der Waals surface area contributed by atoms with E-state index in [4.69, 9.17) is 0 Å². The Balaban J connectivity index is 1.65. The van der Waals surface area contributed by atoms with Crippen molar-refractivity contribution >= 4 is 23.4 Å². The quantitative estimate of drug-likeness (QED) is 0.880. The van der Waals surface area contributed by atoms with Gasteiger partial charge in [-0.3, -0.25) is 9.69 Å². The molecule has 1 amide bonds. The van der Waals surface area contributed by atoms with Crippen LogP contribution >= 0.6 is 11.8 Å². The Morgan fingerprint density at radius 3 is 2.48 bits per heavy atom. The number of carbonyl (C=O) groups excluding carboxylic acids is 1. The lowest BCUT2D eigenvalue weighted by Crippen LogP contribution is -2.48. The first-order valence-electron chi connectivity index (χ1n) is 9.64. The third kappa shape index (κ3) is 4.21. The number of piperazine rings is 1. The Morgan fingerprint density at radius 1 is 1.04 bits per heavy atom. The van der Waals surface area contributed by atoms with Crippen LogP contribution in [0.1, 0.15) is 16.4 Å². The molecule has 2 aliphatic heterocycles. The van der Waals surface area contributed by atoms with Crippen molar-refractivity contribution in [3.63, 3.8) is 0 Å². The van der Waals surface area contributed by atoms with Gasteiger partial charge < -0.3 is 10.2 Å². The Labute approximate surface area is 165 Å². The Hall–Kier alpha value is -1.82. The number of nitrogens with one attached hydrogen (secondary N) is 1. The Kier molecular flexibility index (Phi) is 5.53. The molecule has 27 heavy (non-hydrogen) atoms. The molecule has 2 aromatic rings. The molecule has 4 rings (SSSR count). The zero-order valence-electron chi connectivity index (χ0n) is 16.0. The zero-order chi connectivity index (χ0) is 18.8. The fourth-order valence-corrected chi connectivity index (χ4v) is 5.14. The van der Waals surface area contributed by atoms with E-state index in [0.29, 0.717) is 0 Å². The molecule has 0 saturated carbocycles. The summed E-state index contributed by atoms with van der Waals surface area (Å²) < 4.78 is 0. The monoisotopic (exact) mass is 381 g/mol. The second-order valence-corrected chi connectivity index (χ2v) is 8.83. The highest BCUT2D eigenvalue weighted by Crippen LogP contribution is 2.46. The summed E-state index contributed by atoms with van der Waals surface area (Å²) in [4.78, 5) is 19.2. The van der Waals surface area contributed by atoms with Crippen molar-refractivity contribution < 1.29 is 4.79 Å². The number of anilines is 1. The number of nitrogens with zero attached hydrogens (tertiary/aromatic N) is 2. The van der Waals surface area contributed by atoms with E-state index in [1.54, 1.807) is 0 Å². The van der Waals surface area contributed by atoms with Gasteiger partial charge in [-0.15, -0.1) is 11.8 Å². The van der Waals surface area contributed by atoms with Gasteiger partial charge in [0.2, 0.25) is 5.91 Å². The highest BCUT2D eigenvalue weighted by molar-refractivity contribution is 7.99. The van der Waals surface area contributed by atoms with Gasteiger partial charge in [-0.1, -0.05) is 42.0 Å². The molecule has 2 aliphatic rings. The maximum atomic E-state index is 13.2. The number of aryl methyl sites for hydroxylation is 1. The molecule has 1 N–H and O–H groups in total. The number of hydrogen-bond acceptors (Lipinski definition) is 4. The number of thioether (sulfide) groups is 1. The lowest BCUT2D eigenvalue weighted by atomic mass is 9.96. The summed E-state index contributed by atoms with van der Waals surface area (Å²) in [6, 6.07) is 16.8. The maximum absolute atomic E-state index is 13.2. The molecule has 0 aliphatic carbocycles. The first-order chi connectivity index (χ1) is 13.1. The van der Waals surface area contributed by atoms with Gasteiger partial charge in [0.05, 0.1) is 11.6 Å². The second kappa shape index (κ2) is 8.05. The fraction of sp³-hybridized carbons (Fsp3) is 0.409. The number of para-hydroxylation sites is 1. The van der Waals surface area contributed by atoms with Gasteiger partial charge in [-0.25, -0.2) is 0 Å². The minimum absolute atomic E-state index is 0.0755. The highest BCUT2D eigenvalue weighted by Gasteiger charge is 2.35. The highest BCUT2D eigenvalue weighted by atomic mass is 32.2. The number of rotatable bonds is 3. The number of hydrogen-bond donors (Lipinski definition) is 1. The molecule has 0 spiro atoms. The number of benzene rings is 2. The van der Waals surface area contributed by atoms with Crippen molar-refractivity contribution in [3.05, 3.63) is 59.7 Å². The van der Waals surface area contributed by atoms with E-state index >= 15 is 0 Å². The molecule has 2 atom stereocenters. The van der Waals surface area contributed by atoms with Gasteiger partial charge in [0, 0.05) is 42.9 Å². The average molecular weight is 382 g/mol. The minimum atomic E-state index is -0.0755. The van der Waals surface area contributed by atoms with E-state index in [0.717, 1.165) is 43.3 Å². The van der Waals surface area contributed by atoms with Crippen molar-refractivity contribution in [2.24, 2.45) is 5.92 Å². The predicted molar refractivity (Wildman–Crippen MR) is 112 cm³/mol. The van der Waals surface area contributed by atoms with E-state index in [9.17, 15) is 4.79 Å². The fourth-order valence-electron chi connectivity index (χ4n) is 3.80. The third-order valence-corrected chi connectivity index (χ3v) is 7.02. The van der Waals surface area contributed by atoms with Crippen molar-refractivity contribution in [1.29, 1.82) is 0 Å². The lowest BCUT2D eigenvalue weighted by molar-refractivity contribution is -0.120. The van der Waals surface area contributed by atoms with Gasteiger partial charge in [0.1, 0.15) is 0 Å². The summed E-state index contributed by atoms with van der Waals surface area (Å²) in [7, 11) is 2.16. The van der Waals surface area contributed by atoms with E-state index in [1.165, 1.54) is 11.1 Å². The van der Waals surface area contributed by atoms with Crippen LogP contribution in [-0.4, -0.2) is 55.5 Å². The molecule has 1 saturated heterocycles. The zero-order valence-corrected chi connectivity index (χ0v) is 16.8. The largest absolute Gasteiger partial charge is 0.325 e. The van der Waals surface area contributed by atoms with Crippen LogP contribution in [-0.2, 0) is 4.79 Å². The molecule has 5 heteroatoms. The minimum Gasteiger partial charge on any atom is -0.325 e. The topological polar surface area (TPSA) is 35.6 Å². The van der Waals surface area contributed by atoms with Crippen LogP contribution in [0.15, 0.2) is 53.4 Å². The third-order valence-electron chi connectivity index (χ3n) is 5.56. The summed E-state index contributed by atoms with van der Waals surface area (Å²) in [6.07, 6.45) is 0. The SMILES string of the molecule is Cc1ccc([C@@H]2Sc3ccccc3NC(=O)[C@@H]2CN2CCN(C)CC2)cc1. The standard InChI is InChI=1S/C22H27N3OS/c1-16-7-9-17(10-8-16)21-18(15-25-13-11-24(2)12-14-25)22(26)23-19-5-3-4-6-20(19)27-21/h3-10,18,21H,11-15H2,1-2H3,(H,23,26)/t18-,21+/m1/s1. The van der Waals surface area contributed by atoms with E-state index in [2.05, 4.69) is 59.4 Å². The molecule has 2 heterocycles. The smallest absolute Gasteiger partial charge is 0.230 e. The van der Waals surface area contributed by atoms with Crippen molar-refractivity contribution in [1.82, 2.24) is 9.80 Å². The lowest BCUT2D eigenvalue weighted by Gasteiger charge is -2.35. The second-order valence-electron chi connectivity index (χ2n) is 7.64. The summed E-state index contributed by atoms with van der Waals surface area (Å²) in [5, 5.41) is 3.30. The molecule has 0 bridgehead atoms. The number of likely N-dealkylation sites (N-methyl/N-ethyl adjacent to an activating group) is 1. The van der Waals surface area contributed by atoms with Crippen LogP contribution in [0, 0.1) is 12.8 Å². The number of carbonyl (C=O) groups is 1. The number of amides is 1. The van der Waals surface area contributed by atoms with Crippen LogP contribution in [0.3, 0.4) is 0 Å². The molecular formula is C22H27N3OS. The van der Waals surface area contributed by atoms with E-state index < -0.39 is 0 Å². The van der Waals surface area contributed by atoms with Crippen molar-refractivity contribution in [3.8, 4) is 0 Å². The molecule has 0 unspecified atom stereocenters. The normalized spacial score (nSPS) is 24.1. The van der Waals surface area contributed by atoms with Gasteiger partial charge in [0.15, 0.2) is 0 Å². The average Bonchev–Trinajstić information content (AvgIpc) is 2.81. The van der Waals surface area contributed by atoms with Crippen LogP contribution in [0.4, 0.5) is 5.69 Å². The van der Waals surface area contributed by atoms with E-state index in [-0.39, 0.29) is 17.1 Å². The first kappa shape index (κ1) is 18.5.